The minimum atomic E-state index is -0.696. The normalized spacial score (nSPS) is 16.6. The van der Waals surface area contributed by atoms with E-state index in [1.54, 1.807) is 11.9 Å². The van der Waals surface area contributed by atoms with Crippen LogP contribution in [0.4, 0.5) is 0 Å². The van der Waals surface area contributed by atoms with E-state index in [1.807, 2.05) is 6.92 Å². The Morgan fingerprint density at radius 3 is 2.39 bits per heavy atom. The van der Waals surface area contributed by atoms with Gasteiger partial charge < -0.3 is 16.0 Å². The third-order valence-electron chi connectivity index (χ3n) is 3.48. The second-order valence-corrected chi connectivity index (χ2v) is 5.14. The third kappa shape index (κ3) is 2.80. The van der Waals surface area contributed by atoms with Gasteiger partial charge in [-0.05, 0) is 19.3 Å². The van der Waals surface area contributed by atoms with Crippen LogP contribution in [0.5, 0.6) is 0 Å². The monoisotopic (exact) mass is 271 g/mol. The van der Waals surface area contributed by atoms with Gasteiger partial charge in [0.15, 0.2) is 0 Å². The number of carbonyl (C=O) groups is 2. The summed E-state index contributed by atoms with van der Waals surface area (Å²) in [5, 5.41) is 2.53. The molecule has 0 bridgehead atoms. The highest BCUT2D eigenvalue weighted by molar-refractivity contribution is 7.80. The van der Waals surface area contributed by atoms with Crippen molar-refractivity contribution in [3.63, 3.8) is 0 Å². The van der Waals surface area contributed by atoms with Gasteiger partial charge in [-0.2, -0.15) is 0 Å². The maximum absolute atomic E-state index is 12.5. The largest absolute Gasteiger partial charge is 0.392 e. The predicted molar refractivity (Wildman–Crippen MR) is 74.0 cm³/mol. The first-order valence-electron chi connectivity index (χ1n) is 6.27. The van der Waals surface area contributed by atoms with Gasteiger partial charge in [-0.25, -0.2) is 0 Å². The molecule has 0 aromatic heterocycles. The van der Waals surface area contributed by atoms with Crippen LogP contribution in [0.15, 0.2) is 0 Å². The third-order valence-corrected chi connectivity index (χ3v) is 3.87. The van der Waals surface area contributed by atoms with Gasteiger partial charge in [0.25, 0.3) is 0 Å². The molecule has 1 fully saturated rings. The zero-order valence-corrected chi connectivity index (χ0v) is 11.8. The standard InChI is InChI=1S/C12H21N3O2S/c1-3-7-15(8-9(16)14-2)11(17)12(10(13)18)5-4-6-12/h3-8H2,1-2H3,(H2,13,18)(H,14,16). The molecule has 102 valence electrons. The topological polar surface area (TPSA) is 75.4 Å². The Morgan fingerprint density at radius 1 is 1.44 bits per heavy atom. The first-order valence-corrected chi connectivity index (χ1v) is 6.68. The second kappa shape index (κ2) is 6.13. The molecule has 0 spiro atoms. The van der Waals surface area contributed by atoms with Crippen molar-refractivity contribution in [3.05, 3.63) is 0 Å². The minimum absolute atomic E-state index is 0.0769. The van der Waals surface area contributed by atoms with E-state index in [-0.39, 0.29) is 23.3 Å². The van der Waals surface area contributed by atoms with Crippen LogP contribution in [-0.4, -0.2) is 41.8 Å². The summed E-state index contributed by atoms with van der Waals surface area (Å²) in [6.07, 6.45) is 3.17. The highest BCUT2D eigenvalue weighted by atomic mass is 32.1. The van der Waals surface area contributed by atoms with Crippen molar-refractivity contribution in [1.29, 1.82) is 0 Å². The van der Waals surface area contributed by atoms with Crippen molar-refractivity contribution >= 4 is 29.0 Å². The van der Waals surface area contributed by atoms with E-state index in [1.165, 1.54) is 0 Å². The molecule has 1 aliphatic carbocycles. The number of nitrogens with two attached hydrogens (primary N) is 1. The predicted octanol–water partition coefficient (Wildman–Crippen LogP) is 0.427. The molecule has 18 heavy (non-hydrogen) atoms. The maximum atomic E-state index is 12.5. The summed E-state index contributed by atoms with van der Waals surface area (Å²) in [6, 6.07) is 0. The molecule has 0 aromatic rings. The van der Waals surface area contributed by atoms with Crippen molar-refractivity contribution in [2.24, 2.45) is 11.1 Å². The Hall–Kier alpha value is -1.17. The number of hydrogen-bond donors (Lipinski definition) is 2. The lowest BCUT2D eigenvalue weighted by molar-refractivity contribution is -0.144. The molecule has 0 heterocycles. The van der Waals surface area contributed by atoms with E-state index < -0.39 is 5.41 Å². The Morgan fingerprint density at radius 2 is 2.06 bits per heavy atom. The van der Waals surface area contributed by atoms with Crippen molar-refractivity contribution in [2.75, 3.05) is 20.1 Å². The van der Waals surface area contributed by atoms with E-state index in [4.69, 9.17) is 18.0 Å². The van der Waals surface area contributed by atoms with E-state index in [2.05, 4.69) is 5.32 Å². The molecule has 3 N–H and O–H groups in total. The van der Waals surface area contributed by atoms with Gasteiger partial charge in [-0.15, -0.1) is 0 Å². The summed E-state index contributed by atoms with van der Waals surface area (Å²) < 4.78 is 0. The molecular formula is C12H21N3O2S. The Bertz CT molecular complexity index is 353. The Labute approximate surface area is 113 Å². The molecule has 0 aromatic carbocycles. The first-order chi connectivity index (χ1) is 8.47. The summed E-state index contributed by atoms with van der Waals surface area (Å²) in [7, 11) is 1.56. The van der Waals surface area contributed by atoms with Crippen LogP contribution in [0.25, 0.3) is 0 Å². The van der Waals surface area contributed by atoms with Crippen LogP contribution in [0.1, 0.15) is 32.6 Å². The quantitative estimate of drug-likeness (QED) is 0.687. The Kier molecular flexibility index (Phi) is 5.07. The fraction of sp³-hybridized carbons (Fsp3) is 0.750. The van der Waals surface area contributed by atoms with Crippen LogP contribution in [0.2, 0.25) is 0 Å². The molecule has 1 aliphatic rings. The number of carbonyl (C=O) groups excluding carboxylic acids is 2. The lowest BCUT2D eigenvalue weighted by Gasteiger charge is -2.42. The number of nitrogens with zero attached hydrogens (tertiary/aromatic N) is 1. The maximum Gasteiger partial charge on any atom is 0.239 e. The summed E-state index contributed by atoms with van der Waals surface area (Å²) in [5.74, 6) is -0.263. The summed E-state index contributed by atoms with van der Waals surface area (Å²) >= 11 is 5.03. The van der Waals surface area contributed by atoms with E-state index in [0.29, 0.717) is 19.4 Å². The van der Waals surface area contributed by atoms with Gasteiger partial charge >= 0.3 is 0 Å². The minimum Gasteiger partial charge on any atom is -0.392 e. The number of rotatable bonds is 6. The van der Waals surface area contributed by atoms with Gasteiger partial charge in [-0.1, -0.05) is 25.6 Å². The van der Waals surface area contributed by atoms with Gasteiger partial charge in [0, 0.05) is 13.6 Å². The average Bonchev–Trinajstić information content (AvgIpc) is 2.26. The van der Waals surface area contributed by atoms with Crippen LogP contribution in [0, 0.1) is 5.41 Å². The molecule has 1 rings (SSSR count). The number of thiocarbonyl (C=S) groups is 1. The van der Waals surface area contributed by atoms with Crippen LogP contribution in [-0.2, 0) is 9.59 Å². The number of amides is 2. The molecule has 0 aliphatic heterocycles. The summed E-state index contributed by atoms with van der Waals surface area (Å²) in [6.45, 7) is 2.60. The number of likely N-dealkylation sites (N-methyl/N-ethyl adjacent to an activating group) is 1. The van der Waals surface area contributed by atoms with Crippen LogP contribution in [0.3, 0.4) is 0 Å². The number of nitrogens with one attached hydrogen (secondary N) is 1. The second-order valence-electron chi connectivity index (χ2n) is 4.70. The smallest absolute Gasteiger partial charge is 0.239 e. The van der Waals surface area contributed by atoms with Gasteiger partial charge in [0.05, 0.1) is 16.9 Å². The highest BCUT2D eigenvalue weighted by Gasteiger charge is 2.48. The summed E-state index contributed by atoms with van der Waals surface area (Å²) in [5.41, 5.74) is 5.02. The van der Waals surface area contributed by atoms with Gasteiger partial charge in [0.2, 0.25) is 11.8 Å². The summed E-state index contributed by atoms with van der Waals surface area (Å²) in [4.78, 5) is 25.8. The fourth-order valence-electron chi connectivity index (χ4n) is 2.17. The lowest BCUT2D eigenvalue weighted by Crippen LogP contribution is -2.56. The van der Waals surface area contributed by atoms with Gasteiger partial charge in [-0.3, -0.25) is 9.59 Å². The molecule has 1 saturated carbocycles. The van der Waals surface area contributed by atoms with E-state index in [0.717, 1.165) is 12.8 Å². The molecule has 0 unspecified atom stereocenters. The number of hydrogen-bond acceptors (Lipinski definition) is 3. The average molecular weight is 271 g/mol. The zero-order chi connectivity index (χ0) is 13.8. The van der Waals surface area contributed by atoms with Crippen molar-refractivity contribution in [3.8, 4) is 0 Å². The molecule has 6 heteroatoms. The van der Waals surface area contributed by atoms with Crippen LogP contribution >= 0.6 is 12.2 Å². The molecule has 0 atom stereocenters. The first kappa shape index (κ1) is 14.9. The molecular weight excluding hydrogens is 250 g/mol. The molecule has 5 nitrogen and oxygen atoms in total. The highest BCUT2D eigenvalue weighted by Crippen LogP contribution is 2.42. The van der Waals surface area contributed by atoms with Crippen molar-refractivity contribution in [1.82, 2.24) is 10.2 Å². The van der Waals surface area contributed by atoms with E-state index >= 15 is 0 Å². The fourth-order valence-corrected chi connectivity index (χ4v) is 2.46. The van der Waals surface area contributed by atoms with Gasteiger partial charge in [0.1, 0.15) is 0 Å². The SMILES string of the molecule is CCCN(CC(=O)NC)C(=O)C1(C(N)=S)CCC1. The molecule has 0 saturated heterocycles. The van der Waals surface area contributed by atoms with Crippen LogP contribution < -0.4 is 11.1 Å². The molecule has 2 amide bonds. The zero-order valence-electron chi connectivity index (χ0n) is 11.0. The van der Waals surface area contributed by atoms with Crippen molar-refractivity contribution < 1.29 is 9.59 Å². The van der Waals surface area contributed by atoms with E-state index in [9.17, 15) is 9.59 Å². The lowest BCUT2D eigenvalue weighted by atomic mass is 9.67. The molecule has 0 radical (unpaired) electrons. The Balaban J connectivity index is 2.81. The van der Waals surface area contributed by atoms with Crippen molar-refractivity contribution in [2.45, 2.75) is 32.6 Å².